The van der Waals surface area contributed by atoms with Gasteiger partial charge >= 0.3 is 5.82 Å². The van der Waals surface area contributed by atoms with Crippen LogP contribution in [0.15, 0.2) is 107 Å². The highest BCUT2D eigenvalue weighted by molar-refractivity contribution is 7.92. The molecule has 0 atom stereocenters. The quantitative estimate of drug-likeness (QED) is 0.105. The summed E-state index contributed by atoms with van der Waals surface area (Å²) in [4.78, 5) is 23.6. The summed E-state index contributed by atoms with van der Waals surface area (Å²) in [6.45, 7) is 0. The number of nitro groups is 1. The molecule has 0 bridgehead atoms. The number of rotatable bonds is 7. The van der Waals surface area contributed by atoms with Crippen LogP contribution in [0.3, 0.4) is 0 Å². The summed E-state index contributed by atoms with van der Waals surface area (Å²) in [6.07, 6.45) is 3.03. The molecule has 2 aromatic heterocycles. The Morgan fingerprint density at radius 1 is 0.949 bits per heavy atom. The first-order valence-corrected chi connectivity index (χ1v) is 13.1. The summed E-state index contributed by atoms with van der Waals surface area (Å²) in [6, 6.07) is 21.4. The monoisotopic (exact) mass is 560 g/mol. The highest BCUT2D eigenvalue weighted by Crippen LogP contribution is 2.24. The van der Waals surface area contributed by atoms with Crippen LogP contribution in [0.4, 0.5) is 17.2 Å². The summed E-state index contributed by atoms with van der Waals surface area (Å²) in [5, 5.41) is 24.0. The molecule has 0 saturated heterocycles. The van der Waals surface area contributed by atoms with Gasteiger partial charge in [0.2, 0.25) is 11.3 Å². The standard InChI is InChI=1S/C26H17ClN6O5S/c27-21-13-12-18(33(35)36)15-20(21)26(34)28-17-7-6-14-32(16-17)25-24(29-22-10-4-5-11-23(22)30-25)31-39(37,38)19-8-2-1-3-9-19/h1-16H,(H-,28,29,31,34). The highest BCUT2D eigenvalue weighted by Gasteiger charge is 2.25. The molecule has 0 unspecified atom stereocenters. The lowest BCUT2D eigenvalue weighted by molar-refractivity contribution is -0.598. The molecule has 0 spiro atoms. The lowest BCUT2D eigenvalue weighted by atomic mass is 10.2. The molecule has 0 aliphatic rings. The van der Waals surface area contributed by atoms with Crippen molar-refractivity contribution in [2.45, 2.75) is 4.90 Å². The number of nitrogens with one attached hydrogen (secondary N) is 1. The van der Waals surface area contributed by atoms with Crippen LogP contribution in [0.2, 0.25) is 5.02 Å². The maximum Gasteiger partial charge on any atom is 0.372 e. The number of hydrogen-bond acceptors (Lipinski definition) is 8. The van der Waals surface area contributed by atoms with Crippen molar-refractivity contribution in [2.75, 3.05) is 4.72 Å². The van der Waals surface area contributed by atoms with Gasteiger partial charge in [0.15, 0.2) is 0 Å². The molecule has 39 heavy (non-hydrogen) atoms. The Morgan fingerprint density at radius 3 is 2.36 bits per heavy atom. The summed E-state index contributed by atoms with van der Waals surface area (Å²) < 4.78 is 30.1. The number of para-hydroxylation sites is 2. The first-order chi connectivity index (χ1) is 18.7. The average Bonchev–Trinajstić information content (AvgIpc) is 2.93. The third kappa shape index (κ3) is 5.51. The van der Waals surface area contributed by atoms with Gasteiger partial charge in [-0.2, -0.15) is 4.57 Å². The van der Waals surface area contributed by atoms with Gasteiger partial charge in [0, 0.05) is 22.7 Å². The number of non-ortho nitro benzene ring substituents is 1. The highest BCUT2D eigenvalue weighted by atomic mass is 35.5. The molecular weight excluding hydrogens is 544 g/mol. The number of anilines is 1. The van der Waals surface area contributed by atoms with E-state index in [0.717, 1.165) is 6.07 Å². The minimum absolute atomic E-state index is 0.0103. The van der Waals surface area contributed by atoms with Crippen LogP contribution in [0.5, 0.6) is 0 Å². The second kappa shape index (κ2) is 10.4. The van der Waals surface area contributed by atoms with Gasteiger partial charge in [0.1, 0.15) is 17.4 Å². The van der Waals surface area contributed by atoms with E-state index in [4.69, 9.17) is 11.6 Å². The van der Waals surface area contributed by atoms with Crippen molar-refractivity contribution in [3.8, 4) is 5.82 Å². The molecule has 2 heterocycles. The number of nitrogens with zero attached hydrogens (tertiary/aromatic N) is 5. The van der Waals surface area contributed by atoms with Gasteiger partial charge in [0.05, 0.1) is 16.0 Å². The van der Waals surface area contributed by atoms with E-state index in [0.29, 0.717) is 11.0 Å². The van der Waals surface area contributed by atoms with E-state index in [-0.39, 0.29) is 38.5 Å². The first kappa shape index (κ1) is 25.7. The van der Waals surface area contributed by atoms with Crippen LogP contribution in [0, 0.1) is 10.1 Å². The van der Waals surface area contributed by atoms with Crippen LogP contribution in [0.25, 0.3) is 16.9 Å². The van der Waals surface area contributed by atoms with Gasteiger partial charge in [-0.05, 0) is 53.3 Å². The van der Waals surface area contributed by atoms with Crippen molar-refractivity contribution >= 4 is 55.7 Å². The second-order valence-electron chi connectivity index (χ2n) is 8.11. The Morgan fingerprint density at radius 2 is 1.64 bits per heavy atom. The maximum absolute atomic E-state index is 13.1. The number of hydrogen-bond donors (Lipinski definition) is 1. The van der Waals surface area contributed by atoms with E-state index in [1.54, 1.807) is 54.7 Å². The van der Waals surface area contributed by atoms with E-state index in [2.05, 4.69) is 19.7 Å². The Balaban J connectivity index is 1.59. The Hall–Kier alpha value is -4.94. The van der Waals surface area contributed by atoms with Crippen molar-refractivity contribution in [1.29, 1.82) is 0 Å². The molecule has 5 rings (SSSR count). The largest absolute Gasteiger partial charge is 0.858 e. The SMILES string of the molecule is O=[N+]([O-])c1ccc(Cl)c(C([O-])=Nc2ccc[n+](-c3nc4ccccc4nc3NS(=O)(=O)c3ccccc3)c2)c1. The Bertz CT molecular complexity index is 1870. The molecule has 3 aromatic carbocycles. The van der Waals surface area contributed by atoms with Crippen molar-refractivity contribution in [3.05, 3.63) is 118 Å². The van der Waals surface area contributed by atoms with Crippen LogP contribution < -0.4 is 14.4 Å². The number of sulfonamides is 1. The van der Waals surface area contributed by atoms with Crippen molar-refractivity contribution in [1.82, 2.24) is 9.97 Å². The van der Waals surface area contributed by atoms with Crippen molar-refractivity contribution in [2.24, 2.45) is 4.99 Å². The Labute approximate surface area is 226 Å². The lowest BCUT2D eigenvalue weighted by Gasteiger charge is -2.12. The number of pyridine rings is 1. The zero-order valence-electron chi connectivity index (χ0n) is 19.8. The van der Waals surface area contributed by atoms with Crippen molar-refractivity contribution < 1.29 is 23.0 Å². The van der Waals surface area contributed by atoms with E-state index in [1.807, 2.05) is 0 Å². The Kier molecular flexibility index (Phi) is 6.88. The first-order valence-electron chi connectivity index (χ1n) is 11.3. The topological polar surface area (TPSA) is 154 Å². The molecule has 5 aromatic rings. The van der Waals surface area contributed by atoms with Crippen LogP contribution in [-0.2, 0) is 10.0 Å². The molecule has 0 amide bonds. The normalized spacial score (nSPS) is 11.9. The molecule has 11 nitrogen and oxygen atoms in total. The molecule has 0 fully saturated rings. The third-order valence-corrected chi connectivity index (χ3v) is 7.17. The predicted octanol–water partition coefficient (Wildman–Crippen LogP) is 3.71. The smallest absolute Gasteiger partial charge is 0.372 e. The van der Waals surface area contributed by atoms with Gasteiger partial charge < -0.3 is 5.11 Å². The third-order valence-electron chi connectivity index (χ3n) is 5.49. The number of nitro benzene ring substituents is 1. The van der Waals surface area contributed by atoms with Gasteiger partial charge in [0.25, 0.3) is 15.7 Å². The van der Waals surface area contributed by atoms with Crippen LogP contribution >= 0.6 is 11.6 Å². The van der Waals surface area contributed by atoms with E-state index >= 15 is 0 Å². The minimum atomic E-state index is -4.01. The molecule has 0 saturated carbocycles. The van der Waals surface area contributed by atoms with Gasteiger partial charge in [-0.3, -0.25) is 19.8 Å². The number of halogens is 1. The fraction of sp³-hybridized carbons (Fsp3) is 0. The zero-order valence-corrected chi connectivity index (χ0v) is 21.4. The molecule has 0 radical (unpaired) electrons. The molecule has 0 aliphatic heterocycles. The summed E-state index contributed by atoms with van der Waals surface area (Å²) in [5.41, 5.74) is 0.691. The summed E-state index contributed by atoms with van der Waals surface area (Å²) in [5.74, 6) is -0.713. The van der Waals surface area contributed by atoms with Gasteiger partial charge in [-0.1, -0.05) is 41.9 Å². The fourth-order valence-corrected chi connectivity index (χ4v) is 4.88. The summed E-state index contributed by atoms with van der Waals surface area (Å²) >= 11 is 6.09. The predicted molar refractivity (Wildman–Crippen MR) is 143 cm³/mol. The maximum atomic E-state index is 13.1. The number of benzene rings is 3. The number of aromatic nitrogens is 3. The lowest BCUT2D eigenvalue weighted by Crippen LogP contribution is -2.33. The number of aliphatic imine (C=N–C) groups is 1. The van der Waals surface area contributed by atoms with Gasteiger partial charge in [-0.25, -0.2) is 13.4 Å². The molecule has 194 valence electrons. The molecule has 13 heteroatoms. The molecule has 0 aliphatic carbocycles. The molecule has 1 N–H and O–H groups in total. The van der Waals surface area contributed by atoms with Gasteiger partial charge in [-0.15, -0.1) is 0 Å². The second-order valence-corrected chi connectivity index (χ2v) is 10.2. The van der Waals surface area contributed by atoms with Crippen LogP contribution in [0.1, 0.15) is 5.56 Å². The zero-order chi connectivity index (χ0) is 27.6. The van der Waals surface area contributed by atoms with Crippen molar-refractivity contribution in [3.63, 3.8) is 0 Å². The van der Waals surface area contributed by atoms with E-state index < -0.39 is 20.8 Å². The van der Waals surface area contributed by atoms with Crippen LogP contribution in [-0.4, -0.2) is 29.2 Å². The average molecular weight is 561 g/mol. The van der Waals surface area contributed by atoms with E-state index in [9.17, 15) is 23.6 Å². The summed E-state index contributed by atoms with van der Waals surface area (Å²) in [7, 11) is -4.01. The van der Waals surface area contributed by atoms with E-state index in [1.165, 1.54) is 41.1 Å². The molecular formula is C26H17ClN6O5S. The number of fused-ring (bicyclic) bond motifs is 1. The minimum Gasteiger partial charge on any atom is -0.858 e. The fourth-order valence-electron chi connectivity index (χ4n) is 3.65.